The summed E-state index contributed by atoms with van der Waals surface area (Å²) in [5, 5.41) is 3.35. The number of hydrogen-bond donors (Lipinski definition) is 2. The lowest BCUT2D eigenvalue weighted by molar-refractivity contribution is -0.120. The van der Waals surface area contributed by atoms with Crippen LogP contribution in [0.25, 0.3) is 0 Å². The third-order valence-corrected chi connectivity index (χ3v) is 4.59. The number of rotatable bonds is 7. The molecule has 5 nitrogen and oxygen atoms in total. The summed E-state index contributed by atoms with van der Waals surface area (Å²) in [5.41, 5.74) is 6.67. The normalized spacial score (nSPS) is 18.6. The standard InChI is InChI=1S/C17H26N2O3/c1-3-15(16(18)20)19-12-17(8-10-22-11-9-17)13-4-6-14(21-2)7-5-13/h4-7,15,19H,3,8-12H2,1-2H3,(H2,18,20)/t15-/m1/s1. The van der Waals surface area contributed by atoms with Gasteiger partial charge in [0, 0.05) is 25.2 Å². The second kappa shape index (κ2) is 7.61. The van der Waals surface area contributed by atoms with Gasteiger partial charge in [0.25, 0.3) is 0 Å². The van der Waals surface area contributed by atoms with Crippen LogP contribution < -0.4 is 15.8 Å². The molecule has 0 saturated carbocycles. The lowest BCUT2D eigenvalue weighted by Gasteiger charge is -2.39. The fourth-order valence-electron chi connectivity index (χ4n) is 3.04. The number of benzene rings is 1. The summed E-state index contributed by atoms with van der Waals surface area (Å²) in [5.74, 6) is 0.557. The molecule has 0 aromatic heterocycles. The molecule has 1 aromatic rings. The highest BCUT2D eigenvalue weighted by molar-refractivity contribution is 5.79. The zero-order valence-electron chi connectivity index (χ0n) is 13.4. The molecule has 0 unspecified atom stereocenters. The van der Waals surface area contributed by atoms with Crippen molar-refractivity contribution in [3.05, 3.63) is 29.8 Å². The molecule has 0 bridgehead atoms. The van der Waals surface area contributed by atoms with Crippen LogP contribution in [0.5, 0.6) is 5.75 Å². The Bertz CT molecular complexity index is 481. The fourth-order valence-corrected chi connectivity index (χ4v) is 3.04. The lowest BCUT2D eigenvalue weighted by atomic mass is 9.74. The highest BCUT2D eigenvalue weighted by atomic mass is 16.5. The summed E-state index contributed by atoms with van der Waals surface area (Å²) in [7, 11) is 1.67. The Hall–Kier alpha value is -1.59. The van der Waals surface area contributed by atoms with Crippen molar-refractivity contribution >= 4 is 5.91 Å². The first-order valence-electron chi connectivity index (χ1n) is 7.86. The summed E-state index contributed by atoms with van der Waals surface area (Å²) >= 11 is 0. The summed E-state index contributed by atoms with van der Waals surface area (Å²) in [6.45, 7) is 4.17. The van der Waals surface area contributed by atoms with Gasteiger partial charge in [-0.15, -0.1) is 0 Å². The summed E-state index contributed by atoms with van der Waals surface area (Å²) < 4.78 is 10.8. The van der Waals surface area contributed by atoms with E-state index in [4.69, 9.17) is 15.2 Å². The van der Waals surface area contributed by atoms with Gasteiger partial charge >= 0.3 is 0 Å². The third-order valence-electron chi connectivity index (χ3n) is 4.59. The van der Waals surface area contributed by atoms with Gasteiger partial charge in [0.1, 0.15) is 5.75 Å². The number of nitrogens with one attached hydrogen (secondary N) is 1. The molecule has 0 aliphatic carbocycles. The Morgan fingerprint density at radius 3 is 2.50 bits per heavy atom. The van der Waals surface area contributed by atoms with Crippen molar-refractivity contribution in [2.45, 2.75) is 37.6 Å². The van der Waals surface area contributed by atoms with E-state index in [2.05, 4.69) is 17.4 Å². The number of primary amides is 1. The minimum Gasteiger partial charge on any atom is -0.497 e. The van der Waals surface area contributed by atoms with Crippen molar-refractivity contribution in [3.63, 3.8) is 0 Å². The van der Waals surface area contributed by atoms with Crippen LogP contribution in [0.2, 0.25) is 0 Å². The van der Waals surface area contributed by atoms with Crippen molar-refractivity contribution in [1.29, 1.82) is 0 Å². The average molecular weight is 306 g/mol. The van der Waals surface area contributed by atoms with Crippen molar-refractivity contribution in [1.82, 2.24) is 5.32 Å². The molecule has 3 N–H and O–H groups in total. The Balaban J connectivity index is 2.17. The monoisotopic (exact) mass is 306 g/mol. The maximum Gasteiger partial charge on any atom is 0.234 e. The van der Waals surface area contributed by atoms with E-state index >= 15 is 0 Å². The molecule has 0 spiro atoms. The number of methoxy groups -OCH3 is 1. The van der Waals surface area contributed by atoms with Gasteiger partial charge in [-0.3, -0.25) is 4.79 Å². The molecule has 1 saturated heterocycles. The highest BCUT2D eigenvalue weighted by Gasteiger charge is 2.35. The van der Waals surface area contributed by atoms with E-state index in [0.717, 1.165) is 38.3 Å². The number of hydrogen-bond acceptors (Lipinski definition) is 4. The van der Waals surface area contributed by atoms with Gasteiger partial charge in [-0.2, -0.15) is 0 Å². The molecule has 2 rings (SSSR count). The molecule has 0 radical (unpaired) electrons. The molecule has 122 valence electrons. The van der Waals surface area contributed by atoms with E-state index in [-0.39, 0.29) is 17.4 Å². The lowest BCUT2D eigenvalue weighted by Crippen LogP contribution is -2.49. The van der Waals surface area contributed by atoms with Crippen LogP contribution in [-0.4, -0.2) is 38.8 Å². The molecule has 1 atom stereocenters. The van der Waals surface area contributed by atoms with E-state index in [1.807, 2.05) is 19.1 Å². The molecular weight excluding hydrogens is 280 g/mol. The van der Waals surface area contributed by atoms with E-state index in [1.165, 1.54) is 5.56 Å². The van der Waals surface area contributed by atoms with Crippen molar-refractivity contribution < 1.29 is 14.3 Å². The molecule has 1 amide bonds. The van der Waals surface area contributed by atoms with E-state index in [0.29, 0.717) is 6.42 Å². The number of carbonyl (C=O) groups excluding carboxylic acids is 1. The number of amides is 1. The van der Waals surface area contributed by atoms with Crippen molar-refractivity contribution in [2.24, 2.45) is 5.73 Å². The Kier molecular flexibility index (Phi) is 5.80. The van der Waals surface area contributed by atoms with Gasteiger partial charge in [0.05, 0.1) is 13.2 Å². The maximum atomic E-state index is 11.4. The second-order valence-corrected chi connectivity index (χ2v) is 5.87. The quantitative estimate of drug-likeness (QED) is 0.802. The summed E-state index contributed by atoms with van der Waals surface area (Å²) in [4.78, 5) is 11.4. The first kappa shape index (κ1) is 16.8. The number of carbonyl (C=O) groups is 1. The molecule has 22 heavy (non-hydrogen) atoms. The minimum atomic E-state index is -0.292. The van der Waals surface area contributed by atoms with Gasteiger partial charge in [0.2, 0.25) is 5.91 Å². The smallest absolute Gasteiger partial charge is 0.234 e. The van der Waals surface area contributed by atoms with Gasteiger partial charge < -0.3 is 20.5 Å². The van der Waals surface area contributed by atoms with Crippen LogP contribution in [0.1, 0.15) is 31.7 Å². The molecule has 1 fully saturated rings. The minimum absolute atomic E-state index is 0.0204. The Morgan fingerprint density at radius 1 is 1.36 bits per heavy atom. The molecule has 1 aliphatic heterocycles. The highest BCUT2D eigenvalue weighted by Crippen LogP contribution is 2.35. The van der Waals surface area contributed by atoms with Gasteiger partial charge in [-0.05, 0) is 37.0 Å². The van der Waals surface area contributed by atoms with Crippen LogP contribution in [-0.2, 0) is 14.9 Å². The maximum absolute atomic E-state index is 11.4. The first-order chi connectivity index (χ1) is 10.6. The summed E-state index contributed by atoms with van der Waals surface area (Å²) in [6.07, 6.45) is 2.56. The number of ether oxygens (including phenoxy) is 2. The van der Waals surface area contributed by atoms with Crippen molar-refractivity contribution in [2.75, 3.05) is 26.9 Å². The van der Waals surface area contributed by atoms with Crippen LogP contribution in [0.3, 0.4) is 0 Å². The van der Waals surface area contributed by atoms with E-state index < -0.39 is 0 Å². The average Bonchev–Trinajstić information content (AvgIpc) is 2.56. The molecule has 1 aliphatic rings. The van der Waals surface area contributed by atoms with Crippen LogP contribution >= 0.6 is 0 Å². The fraction of sp³-hybridized carbons (Fsp3) is 0.588. The second-order valence-electron chi connectivity index (χ2n) is 5.87. The topological polar surface area (TPSA) is 73.6 Å². The molecule has 1 aromatic carbocycles. The van der Waals surface area contributed by atoms with Crippen LogP contribution in [0, 0.1) is 0 Å². The number of nitrogens with two attached hydrogens (primary N) is 1. The van der Waals surface area contributed by atoms with Crippen molar-refractivity contribution in [3.8, 4) is 5.75 Å². The molecule has 5 heteroatoms. The van der Waals surface area contributed by atoms with E-state index in [1.54, 1.807) is 7.11 Å². The summed E-state index contributed by atoms with van der Waals surface area (Å²) in [6, 6.07) is 7.90. The van der Waals surface area contributed by atoms with Gasteiger partial charge in [-0.1, -0.05) is 19.1 Å². The van der Waals surface area contributed by atoms with Crippen LogP contribution in [0.15, 0.2) is 24.3 Å². The van der Waals surface area contributed by atoms with E-state index in [9.17, 15) is 4.79 Å². The van der Waals surface area contributed by atoms with Gasteiger partial charge in [-0.25, -0.2) is 0 Å². The zero-order valence-corrected chi connectivity index (χ0v) is 13.4. The first-order valence-corrected chi connectivity index (χ1v) is 7.86. The molecular formula is C17H26N2O3. The largest absolute Gasteiger partial charge is 0.497 e. The SMILES string of the molecule is CC[C@@H](NCC1(c2ccc(OC)cc2)CCOCC1)C(N)=O. The predicted molar refractivity (Wildman–Crippen MR) is 86.0 cm³/mol. The zero-order chi connectivity index (χ0) is 16.0. The Labute approximate surface area is 132 Å². The molecule has 1 heterocycles. The third kappa shape index (κ3) is 3.78. The van der Waals surface area contributed by atoms with Gasteiger partial charge in [0.15, 0.2) is 0 Å². The predicted octanol–water partition coefficient (Wildman–Crippen LogP) is 1.60. The Morgan fingerprint density at radius 2 is 2.00 bits per heavy atom. The van der Waals surface area contributed by atoms with Crippen LogP contribution in [0.4, 0.5) is 0 Å².